The fraction of sp³-hybridized carbons (Fsp3) is 0.700. The normalized spacial score (nSPS) is 14.4. The van der Waals surface area contributed by atoms with Crippen molar-refractivity contribution in [3.8, 4) is 0 Å². The number of unbranched alkanes of at least 4 members (excludes halogenated alkanes) is 9. The second kappa shape index (κ2) is 32.6. The van der Waals surface area contributed by atoms with Crippen molar-refractivity contribution in [2.24, 2.45) is 0 Å². The maximum absolute atomic E-state index is 12.6. The number of quaternary nitrogens is 1. The molecule has 0 spiro atoms. The topological polar surface area (TPSA) is 108 Å². The van der Waals surface area contributed by atoms with E-state index in [9.17, 15) is 19.0 Å². The van der Waals surface area contributed by atoms with Crippen molar-refractivity contribution in [3.05, 3.63) is 60.8 Å². The molecule has 0 saturated heterocycles. The molecule has 2 unspecified atom stereocenters. The average Bonchev–Trinajstić information content (AvgIpc) is 3.06. The van der Waals surface area contributed by atoms with Gasteiger partial charge in [0.05, 0.1) is 27.7 Å². The van der Waals surface area contributed by atoms with Crippen molar-refractivity contribution in [1.82, 2.24) is 0 Å². The summed E-state index contributed by atoms with van der Waals surface area (Å²) in [5.41, 5.74) is 0. The SMILES string of the molecule is CC/C=C\C/C=C\C/C=C\CCCCCC(=O)OC(COC(=O)CCCCCCC/C=C\C/C=C\CCC)COP(=O)(O)OCC[N+](C)(C)C. The van der Waals surface area contributed by atoms with Crippen molar-refractivity contribution in [1.29, 1.82) is 0 Å². The molecular formula is C40H71NO8P+. The Morgan fingerprint density at radius 2 is 1.14 bits per heavy atom. The zero-order chi connectivity index (χ0) is 37.2. The summed E-state index contributed by atoms with van der Waals surface area (Å²) in [4.78, 5) is 35.1. The lowest BCUT2D eigenvalue weighted by atomic mass is 10.1. The Morgan fingerprint density at radius 3 is 1.72 bits per heavy atom. The molecule has 0 radical (unpaired) electrons. The minimum Gasteiger partial charge on any atom is -0.462 e. The van der Waals surface area contributed by atoms with Crippen LogP contribution in [-0.4, -0.2) is 74.9 Å². The summed E-state index contributed by atoms with van der Waals surface area (Å²) in [6.07, 6.45) is 37.0. The first-order valence-electron chi connectivity index (χ1n) is 19.0. The number of hydrogen-bond donors (Lipinski definition) is 1. The molecule has 9 nitrogen and oxygen atoms in total. The molecule has 0 aromatic heterocycles. The molecule has 0 aliphatic heterocycles. The monoisotopic (exact) mass is 724 g/mol. The predicted molar refractivity (Wildman–Crippen MR) is 206 cm³/mol. The Balaban J connectivity index is 4.53. The summed E-state index contributed by atoms with van der Waals surface area (Å²) in [5.74, 6) is -0.859. The summed E-state index contributed by atoms with van der Waals surface area (Å²) < 4.78 is 34.1. The number of esters is 2. The van der Waals surface area contributed by atoms with E-state index >= 15 is 0 Å². The zero-order valence-corrected chi connectivity index (χ0v) is 33.0. The second-order valence-corrected chi connectivity index (χ2v) is 15.0. The van der Waals surface area contributed by atoms with Crippen LogP contribution in [0.1, 0.15) is 129 Å². The predicted octanol–water partition coefficient (Wildman–Crippen LogP) is 10.1. The fourth-order valence-corrected chi connectivity index (χ4v) is 5.28. The summed E-state index contributed by atoms with van der Waals surface area (Å²) in [6, 6.07) is 0. The molecule has 50 heavy (non-hydrogen) atoms. The number of likely N-dealkylation sites (N-methyl/N-ethyl adjacent to an activating group) is 1. The molecule has 0 aliphatic carbocycles. The van der Waals surface area contributed by atoms with Crippen LogP contribution in [0.15, 0.2) is 60.8 Å². The number of ether oxygens (including phenoxy) is 2. The highest BCUT2D eigenvalue weighted by molar-refractivity contribution is 7.47. The minimum atomic E-state index is -4.38. The van der Waals surface area contributed by atoms with Gasteiger partial charge in [0.15, 0.2) is 6.10 Å². The van der Waals surface area contributed by atoms with Gasteiger partial charge < -0.3 is 18.9 Å². The third-order valence-electron chi connectivity index (χ3n) is 7.51. The van der Waals surface area contributed by atoms with Crippen molar-refractivity contribution in [2.75, 3.05) is 47.5 Å². The van der Waals surface area contributed by atoms with Crippen LogP contribution >= 0.6 is 7.82 Å². The van der Waals surface area contributed by atoms with E-state index in [-0.39, 0.29) is 26.1 Å². The van der Waals surface area contributed by atoms with E-state index in [1.807, 2.05) is 21.1 Å². The Kier molecular flexibility index (Phi) is 31.1. The number of carbonyl (C=O) groups excluding carboxylic acids is 2. The first-order valence-corrected chi connectivity index (χ1v) is 20.5. The molecule has 0 amide bonds. The minimum absolute atomic E-state index is 0.0205. The molecule has 288 valence electrons. The maximum atomic E-state index is 12.6. The smallest absolute Gasteiger partial charge is 0.462 e. The zero-order valence-electron chi connectivity index (χ0n) is 32.1. The van der Waals surface area contributed by atoms with E-state index in [1.54, 1.807) is 0 Å². The Labute approximate surface area is 305 Å². The van der Waals surface area contributed by atoms with Gasteiger partial charge in [-0.25, -0.2) is 4.57 Å². The second-order valence-electron chi connectivity index (χ2n) is 13.6. The highest BCUT2D eigenvalue weighted by atomic mass is 31.2. The highest BCUT2D eigenvalue weighted by Crippen LogP contribution is 2.43. The number of allylic oxidation sites excluding steroid dienone is 10. The van der Waals surface area contributed by atoms with E-state index in [1.165, 1.54) is 6.42 Å². The van der Waals surface area contributed by atoms with Gasteiger partial charge in [-0.3, -0.25) is 18.6 Å². The molecule has 2 atom stereocenters. The van der Waals surface area contributed by atoms with Crippen molar-refractivity contribution >= 4 is 19.8 Å². The Hall–Kier alpha value is -2.29. The summed E-state index contributed by atoms with van der Waals surface area (Å²) >= 11 is 0. The van der Waals surface area contributed by atoms with Gasteiger partial charge in [-0.15, -0.1) is 0 Å². The van der Waals surface area contributed by atoms with Crippen molar-refractivity contribution < 1.29 is 42.1 Å². The molecule has 10 heteroatoms. The molecule has 0 aliphatic rings. The standard InChI is InChI=1S/C40H70NO8P/c1-6-8-10-12-14-16-18-20-22-24-26-28-30-32-39(42)46-36-38(37-48-50(44,45)47-35-34-41(3,4)5)49-40(43)33-31-29-27-25-23-21-19-17-15-13-11-9-7-2/h9-12,15-18,21,23,38H,6-8,13-14,19-20,22,24-37H2,1-5H3/p+1/b11-9-,12-10-,17-15-,18-16-,23-21-. The lowest BCUT2D eigenvalue weighted by molar-refractivity contribution is -0.870. The first-order chi connectivity index (χ1) is 24.0. The van der Waals surface area contributed by atoms with Crippen LogP contribution in [0, 0.1) is 0 Å². The molecule has 0 fully saturated rings. The highest BCUT2D eigenvalue weighted by Gasteiger charge is 2.27. The first kappa shape index (κ1) is 47.7. The number of phosphoric ester groups is 1. The quantitative estimate of drug-likeness (QED) is 0.0234. The van der Waals surface area contributed by atoms with Crippen LogP contribution in [0.5, 0.6) is 0 Å². The van der Waals surface area contributed by atoms with E-state index < -0.39 is 32.5 Å². The molecular weight excluding hydrogens is 653 g/mol. The van der Waals surface area contributed by atoms with E-state index in [0.29, 0.717) is 23.9 Å². The molecule has 0 aromatic carbocycles. The molecule has 0 aromatic rings. The van der Waals surface area contributed by atoms with Gasteiger partial charge in [0.25, 0.3) is 0 Å². The van der Waals surface area contributed by atoms with Crippen molar-refractivity contribution in [3.63, 3.8) is 0 Å². The number of phosphoric acid groups is 1. The molecule has 0 bridgehead atoms. The van der Waals surface area contributed by atoms with E-state index in [2.05, 4.69) is 74.6 Å². The number of hydrogen-bond acceptors (Lipinski definition) is 7. The number of carbonyl (C=O) groups is 2. The maximum Gasteiger partial charge on any atom is 0.472 e. The summed E-state index contributed by atoms with van der Waals surface area (Å²) in [6.45, 7) is 4.15. The Morgan fingerprint density at radius 1 is 0.640 bits per heavy atom. The third kappa shape index (κ3) is 35.5. The average molecular weight is 725 g/mol. The van der Waals surface area contributed by atoms with Crippen LogP contribution in [0.25, 0.3) is 0 Å². The Bertz CT molecular complexity index is 1040. The van der Waals surface area contributed by atoms with Crippen LogP contribution in [0.4, 0.5) is 0 Å². The van der Waals surface area contributed by atoms with Gasteiger partial charge in [0.2, 0.25) is 0 Å². The molecule has 0 rings (SSSR count). The lowest BCUT2D eigenvalue weighted by Gasteiger charge is -2.24. The van der Waals surface area contributed by atoms with Gasteiger partial charge in [0.1, 0.15) is 19.8 Å². The van der Waals surface area contributed by atoms with Gasteiger partial charge in [-0.2, -0.15) is 0 Å². The molecule has 1 N–H and O–H groups in total. The third-order valence-corrected chi connectivity index (χ3v) is 8.50. The number of rotatable bonds is 33. The van der Waals surface area contributed by atoms with Gasteiger partial charge >= 0.3 is 19.8 Å². The van der Waals surface area contributed by atoms with E-state index in [4.69, 9.17) is 18.5 Å². The fourth-order valence-electron chi connectivity index (χ4n) is 4.53. The van der Waals surface area contributed by atoms with E-state index in [0.717, 1.165) is 83.5 Å². The van der Waals surface area contributed by atoms with Crippen molar-refractivity contribution in [2.45, 2.75) is 136 Å². The largest absolute Gasteiger partial charge is 0.472 e. The summed E-state index contributed by atoms with van der Waals surface area (Å²) in [5, 5.41) is 0. The molecule has 0 heterocycles. The van der Waals surface area contributed by atoms with Crippen LogP contribution in [-0.2, 0) is 32.7 Å². The lowest BCUT2D eigenvalue weighted by Crippen LogP contribution is -2.37. The van der Waals surface area contributed by atoms with Gasteiger partial charge in [-0.05, 0) is 70.6 Å². The molecule has 0 saturated carbocycles. The summed E-state index contributed by atoms with van der Waals surface area (Å²) in [7, 11) is 1.43. The van der Waals surface area contributed by atoms with Gasteiger partial charge in [0, 0.05) is 12.8 Å². The van der Waals surface area contributed by atoms with Gasteiger partial charge in [-0.1, -0.05) is 107 Å². The van der Waals surface area contributed by atoms with Crippen LogP contribution in [0.2, 0.25) is 0 Å². The number of nitrogens with zero attached hydrogens (tertiary/aromatic N) is 1. The van der Waals surface area contributed by atoms with Crippen LogP contribution < -0.4 is 0 Å². The van der Waals surface area contributed by atoms with Crippen LogP contribution in [0.3, 0.4) is 0 Å².